The van der Waals surface area contributed by atoms with Crippen molar-refractivity contribution < 1.29 is 14.7 Å². The molecule has 1 rings (SSSR count). The highest BCUT2D eigenvalue weighted by Crippen LogP contribution is 2.28. The second kappa shape index (κ2) is 6.53. The topological polar surface area (TPSA) is 136 Å². The van der Waals surface area contributed by atoms with Gasteiger partial charge in [0, 0.05) is 0 Å². The molecule has 7 heteroatoms. The molecule has 0 amide bonds. The zero-order valence-corrected chi connectivity index (χ0v) is 13.3. The maximum absolute atomic E-state index is 12.8. The van der Waals surface area contributed by atoms with E-state index in [-0.39, 0.29) is 22.7 Å². The predicted octanol–water partition coefficient (Wildman–Crippen LogP) is 0.364. The molecule has 7 N–H and O–H groups in total. The average Bonchev–Trinajstić information content (AvgIpc) is 2.36. The minimum absolute atomic E-state index is 0.0380. The van der Waals surface area contributed by atoms with Crippen LogP contribution in [-0.4, -0.2) is 39.6 Å². The Labute approximate surface area is 130 Å². The Kier molecular flexibility index (Phi) is 5.42. The van der Waals surface area contributed by atoms with E-state index in [4.69, 9.17) is 17.2 Å². The highest BCUT2D eigenvalue weighted by molar-refractivity contribution is 6.08. The maximum Gasteiger partial charge on any atom is 0.200 e. The highest BCUT2D eigenvalue weighted by atomic mass is 16.3. The molecule has 0 aliphatic carbocycles. The predicted molar refractivity (Wildman–Crippen MR) is 84.2 cm³/mol. The van der Waals surface area contributed by atoms with E-state index in [1.54, 1.807) is 13.8 Å². The summed E-state index contributed by atoms with van der Waals surface area (Å²) >= 11 is 0. The maximum atomic E-state index is 12.8. The number of Topliss-reactive ketones (excluding diaryl/α,β-unsaturated/α-hetero) is 2. The van der Waals surface area contributed by atoms with Gasteiger partial charge in [0.1, 0.15) is 11.4 Å². The summed E-state index contributed by atoms with van der Waals surface area (Å²) in [5, 5.41) is 10.2. The van der Waals surface area contributed by atoms with E-state index in [0.29, 0.717) is 0 Å². The number of nitrogens with two attached hydrogens (primary N) is 3. The Morgan fingerprint density at radius 3 is 2.05 bits per heavy atom. The van der Waals surface area contributed by atoms with Gasteiger partial charge in [0.25, 0.3) is 0 Å². The number of nitrogens with zero attached hydrogens (tertiary/aromatic N) is 1. The molecule has 0 aromatic heterocycles. The quantitative estimate of drug-likeness (QED) is 0.440. The molecule has 0 heterocycles. The molecule has 7 nitrogen and oxygen atoms in total. The van der Waals surface area contributed by atoms with Crippen molar-refractivity contribution >= 4 is 11.6 Å². The summed E-state index contributed by atoms with van der Waals surface area (Å²) in [5.74, 6) is -1.30. The van der Waals surface area contributed by atoms with Gasteiger partial charge >= 0.3 is 0 Å². The largest absolute Gasteiger partial charge is 0.506 e. The van der Waals surface area contributed by atoms with Crippen molar-refractivity contribution in [2.24, 2.45) is 17.2 Å². The molecule has 3 unspecified atom stereocenters. The van der Waals surface area contributed by atoms with Gasteiger partial charge in [-0.3, -0.25) is 9.59 Å². The number of aromatic hydroxyl groups is 1. The van der Waals surface area contributed by atoms with Gasteiger partial charge in [-0.25, -0.2) is 4.90 Å². The molecule has 0 saturated carbocycles. The Hall–Kier alpha value is -1.80. The van der Waals surface area contributed by atoms with Crippen LogP contribution in [0.15, 0.2) is 18.2 Å². The number of phenolic OH excluding ortho intramolecular Hbond substituents is 1. The molecule has 0 aliphatic rings. The third-order valence-electron chi connectivity index (χ3n) is 3.53. The lowest BCUT2D eigenvalue weighted by Crippen LogP contribution is -2.68. The van der Waals surface area contributed by atoms with Gasteiger partial charge in [0.15, 0.2) is 5.78 Å². The van der Waals surface area contributed by atoms with Crippen molar-refractivity contribution in [3.05, 3.63) is 29.3 Å². The van der Waals surface area contributed by atoms with Crippen molar-refractivity contribution in [2.75, 3.05) is 0 Å². The number of para-hydroxylation sites is 1. The molecule has 0 saturated heterocycles. The molecule has 1 aromatic carbocycles. The van der Waals surface area contributed by atoms with Crippen LogP contribution in [0.25, 0.3) is 0 Å². The van der Waals surface area contributed by atoms with Crippen LogP contribution in [0.5, 0.6) is 5.75 Å². The lowest BCUT2D eigenvalue weighted by atomic mass is 9.94. The summed E-state index contributed by atoms with van der Waals surface area (Å²) in [6, 6.07) is 4.37. The number of carbonyl (C=O) groups is 2. The SMILES string of the molecule is CC(=O)c1cccc(C(=O)C(C)(N)N(C(C)N)C(C)N)c1O. The number of benzene rings is 1. The summed E-state index contributed by atoms with van der Waals surface area (Å²) in [7, 11) is 0. The van der Waals surface area contributed by atoms with E-state index < -0.39 is 23.8 Å². The number of ketones is 2. The first-order valence-electron chi connectivity index (χ1n) is 6.98. The smallest absolute Gasteiger partial charge is 0.200 e. The van der Waals surface area contributed by atoms with Gasteiger partial charge in [-0.05, 0) is 39.8 Å². The van der Waals surface area contributed by atoms with Gasteiger partial charge in [-0.15, -0.1) is 0 Å². The molecule has 3 atom stereocenters. The van der Waals surface area contributed by atoms with E-state index in [1.807, 2.05) is 0 Å². The molecular weight excluding hydrogens is 284 g/mol. The number of rotatable bonds is 6. The van der Waals surface area contributed by atoms with Crippen LogP contribution < -0.4 is 17.2 Å². The van der Waals surface area contributed by atoms with Crippen LogP contribution in [0.2, 0.25) is 0 Å². The molecule has 0 fully saturated rings. The fourth-order valence-electron chi connectivity index (χ4n) is 2.62. The fourth-order valence-corrected chi connectivity index (χ4v) is 2.62. The van der Waals surface area contributed by atoms with Gasteiger partial charge < -0.3 is 22.3 Å². The second-order valence-electron chi connectivity index (χ2n) is 5.62. The molecule has 122 valence electrons. The van der Waals surface area contributed by atoms with E-state index in [9.17, 15) is 14.7 Å². The number of hydrogen-bond acceptors (Lipinski definition) is 7. The lowest BCUT2D eigenvalue weighted by Gasteiger charge is -2.42. The van der Waals surface area contributed by atoms with E-state index in [1.165, 1.54) is 36.9 Å². The van der Waals surface area contributed by atoms with Crippen LogP contribution in [0.4, 0.5) is 0 Å². The standard InChI is InChI=1S/C15H24N4O3/c1-8(20)11-6-5-7-12(13(11)21)14(22)15(4,18)19(9(2)16)10(3)17/h5-7,9-10,21H,16-18H2,1-4H3. The average molecular weight is 308 g/mol. The van der Waals surface area contributed by atoms with Crippen LogP contribution in [0, 0.1) is 0 Å². The summed E-state index contributed by atoms with van der Waals surface area (Å²) in [6.07, 6.45) is -1.14. The third-order valence-corrected chi connectivity index (χ3v) is 3.53. The van der Waals surface area contributed by atoms with Gasteiger partial charge in [0.2, 0.25) is 5.78 Å². The number of hydrogen-bond donors (Lipinski definition) is 4. The third kappa shape index (κ3) is 3.33. The van der Waals surface area contributed by atoms with Gasteiger partial charge in [-0.2, -0.15) is 0 Å². The minimum Gasteiger partial charge on any atom is -0.506 e. The normalized spacial score (nSPS) is 16.9. The lowest BCUT2D eigenvalue weighted by molar-refractivity contribution is 0.0283. The van der Waals surface area contributed by atoms with Crippen molar-refractivity contribution in [2.45, 2.75) is 45.7 Å². The van der Waals surface area contributed by atoms with Crippen LogP contribution in [-0.2, 0) is 0 Å². The molecule has 0 bridgehead atoms. The molecule has 0 aliphatic heterocycles. The second-order valence-corrected chi connectivity index (χ2v) is 5.62. The summed E-state index contributed by atoms with van der Waals surface area (Å²) in [4.78, 5) is 25.7. The summed E-state index contributed by atoms with van der Waals surface area (Å²) in [6.45, 7) is 6.10. The fraction of sp³-hybridized carbons (Fsp3) is 0.467. The van der Waals surface area contributed by atoms with E-state index in [2.05, 4.69) is 0 Å². The summed E-state index contributed by atoms with van der Waals surface area (Å²) in [5.41, 5.74) is 16.4. The molecular formula is C15H24N4O3. The Balaban J connectivity index is 3.36. The first-order chi connectivity index (χ1) is 10.0. The Morgan fingerprint density at radius 2 is 1.64 bits per heavy atom. The number of phenols is 1. The van der Waals surface area contributed by atoms with Crippen molar-refractivity contribution in [3.63, 3.8) is 0 Å². The Bertz CT molecular complexity index is 574. The van der Waals surface area contributed by atoms with E-state index >= 15 is 0 Å². The zero-order valence-electron chi connectivity index (χ0n) is 13.3. The van der Waals surface area contributed by atoms with E-state index in [0.717, 1.165) is 0 Å². The first kappa shape index (κ1) is 18.2. The summed E-state index contributed by atoms with van der Waals surface area (Å²) < 4.78 is 0. The number of carbonyl (C=O) groups excluding carboxylic acids is 2. The Morgan fingerprint density at radius 1 is 1.18 bits per heavy atom. The molecule has 0 spiro atoms. The van der Waals surface area contributed by atoms with Crippen LogP contribution in [0.1, 0.15) is 48.4 Å². The van der Waals surface area contributed by atoms with Crippen molar-refractivity contribution in [1.82, 2.24) is 4.90 Å². The van der Waals surface area contributed by atoms with Crippen LogP contribution in [0.3, 0.4) is 0 Å². The molecule has 22 heavy (non-hydrogen) atoms. The van der Waals surface area contributed by atoms with Crippen molar-refractivity contribution in [3.8, 4) is 5.75 Å². The van der Waals surface area contributed by atoms with Crippen molar-refractivity contribution in [1.29, 1.82) is 0 Å². The molecule has 1 aromatic rings. The minimum atomic E-state index is -1.53. The highest BCUT2D eigenvalue weighted by Gasteiger charge is 2.40. The van der Waals surface area contributed by atoms with Gasteiger partial charge in [-0.1, -0.05) is 6.07 Å². The zero-order chi connectivity index (χ0) is 17.2. The first-order valence-corrected chi connectivity index (χ1v) is 6.98. The monoisotopic (exact) mass is 308 g/mol. The van der Waals surface area contributed by atoms with Gasteiger partial charge in [0.05, 0.1) is 23.5 Å². The molecule has 0 radical (unpaired) electrons. The van der Waals surface area contributed by atoms with Crippen LogP contribution >= 0.6 is 0 Å².